The number of fused-ring (bicyclic) bond motifs is 1. The predicted octanol–water partition coefficient (Wildman–Crippen LogP) is 3.95. The standard InChI is InChI=1S/C31H32BN4O2/c1-3-27(22-7-5-4-6-8-22)33-29(32)24-13-14-28-25(20-24)26(30(37)34-28)19-21-9-11-23(12-10-21)31(38)36-17-15-35(2)16-18-36/h4-14,19-20,27,33H,3,15-18H2,1-2H3,(H,34,37)/b26-19-/t27-/m0/s1. The van der Waals surface area contributed by atoms with E-state index in [1.165, 1.54) is 5.56 Å². The van der Waals surface area contributed by atoms with Gasteiger partial charge < -0.3 is 4.90 Å². The molecule has 6 nitrogen and oxygen atoms in total. The van der Waals surface area contributed by atoms with E-state index >= 15 is 0 Å². The Bertz CT molecular complexity index is 1380. The van der Waals surface area contributed by atoms with Crippen LogP contribution < -0.4 is 10.6 Å². The Morgan fingerprint density at radius 3 is 2.37 bits per heavy atom. The van der Waals surface area contributed by atoms with Gasteiger partial charge in [0, 0.05) is 26.2 Å². The van der Waals surface area contributed by atoms with E-state index in [-0.39, 0.29) is 17.9 Å². The molecule has 38 heavy (non-hydrogen) atoms. The minimum absolute atomic E-state index is 0.0466. The van der Waals surface area contributed by atoms with Crippen molar-refractivity contribution in [2.24, 2.45) is 0 Å². The zero-order valence-corrected chi connectivity index (χ0v) is 21.9. The molecule has 191 valence electrons. The van der Waals surface area contributed by atoms with Gasteiger partial charge in [0.15, 0.2) is 0 Å². The van der Waals surface area contributed by atoms with Gasteiger partial charge in [0.2, 0.25) is 0 Å². The molecule has 3 aromatic rings. The SMILES string of the molecule is [B]=C(N[C@@H](CC)c1ccccc1)c1ccc2c(c1)/C(=C/c1ccc(C(=O)N3CCN(C)CC3)cc1)C(=O)N2. The second-order valence-electron chi connectivity index (χ2n) is 9.92. The van der Waals surface area contributed by atoms with Crippen LogP contribution in [0.25, 0.3) is 11.6 Å². The summed E-state index contributed by atoms with van der Waals surface area (Å²) in [5, 5.41) is 6.39. The summed E-state index contributed by atoms with van der Waals surface area (Å²) in [5.41, 5.74) is 6.22. The molecule has 2 aliphatic rings. The molecule has 2 heterocycles. The third-order valence-corrected chi connectivity index (χ3v) is 7.31. The van der Waals surface area contributed by atoms with Gasteiger partial charge in [-0.3, -0.25) is 0 Å². The molecule has 2 amide bonds. The van der Waals surface area contributed by atoms with Crippen LogP contribution in [0.4, 0.5) is 5.69 Å². The van der Waals surface area contributed by atoms with Crippen LogP contribution in [0, 0.1) is 0 Å². The number of hydrogen-bond acceptors (Lipinski definition) is 4. The minimum atomic E-state index is -0.156. The summed E-state index contributed by atoms with van der Waals surface area (Å²) in [4.78, 5) is 29.8. The monoisotopic (exact) mass is 503 g/mol. The summed E-state index contributed by atoms with van der Waals surface area (Å²) in [5.74, 6) is -0.109. The number of carbonyl (C=O) groups excluding carboxylic acids is 2. The molecule has 2 N–H and O–H groups in total. The molecule has 1 fully saturated rings. The molecule has 0 aliphatic carbocycles. The van der Waals surface area contributed by atoms with Crippen molar-refractivity contribution in [2.45, 2.75) is 19.4 Å². The van der Waals surface area contributed by atoms with Crippen molar-refractivity contribution < 1.29 is 9.59 Å². The number of benzene rings is 3. The van der Waals surface area contributed by atoms with Crippen LogP contribution in [0.5, 0.6) is 0 Å². The van der Waals surface area contributed by atoms with Gasteiger partial charge in [-0.15, -0.1) is 0 Å². The summed E-state index contributed by atoms with van der Waals surface area (Å²) < 4.78 is 0. The number of anilines is 1. The van der Waals surface area contributed by atoms with Gasteiger partial charge in [0.25, 0.3) is 0 Å². The number of piperazine rings is 1. The number of carbonyl (C=O) groups is 2. The molecule has 2 aliphatic heterocycles. The van der Waals surface area contributed by atoms with Crippen LogP contribution in [0.2, 0.25) is 0 Å². The van der Waals surface area contributed by atoms with Gasteiger partial charge in [-0.25, -0.2) is 0 Å². The number of hydrogen-bond donors (Lipinski definition) is 2. The Labute approximate surface area is 225 Å². The maximum absolute atomic E-state index is 12.9. The number of likely N-dealkylation sites (N-methyl/N-ethyl adjacent to an activating group) is 1. The molecular formula is C31H32BN4O2. The fourth-order valence-corrected chi connectivity index (χ4v) is 4.96. The first kappa shape index (κ1) is 25.7. The molecule has 7 heteroatoms. The summed E-state index contributed by atoms with van der Waals surface area (Å²) in [6, 6.07) is 23.5. The van der Waals surface area contributed by atoms with E-state index in [0.29, 0.717) is 16.7 Å². The summed E-state index contributed by atoms with van der Waals surface area (Å²) in [6.45, 7) is 5.36. The molecule has 5 rings (SSSR count). The van der Waals surface area contributed by atoms with Crippen LogP contribution in [0.1, 0.15) is 52.0 Å². The van der Waals surface area contributed by atoms with E-state index in [9.17, 15) is 9.59 Å². The Kier molecular flexibility index (Phi) is 7.56. The molecule has 3 aromatic carbocycles. The van der Waals surface area contributed by atoms with E-state index in [1.54, 1.807) is 0 Å². The first-order chi connectivity index (χ1) is 18.4. The van der Waals surface area contributed by atoms with Crippen molar-refractivity contribution in [3.05, 3.63) is 101 Å². The van der Waals surface area contributed by atoms with E-state index in [1.807, 2.05) is 71.6 Å². The molecule has 0 aromatic heterocycles. The van der Waals surface area contributed by atoms with E-state index in [2.05, 4.69) is 41.6 Å². The average molecular weight is 503 g/mol. The second kappa shape index (κ2) is 11.2. The van der Waals surface area contributed by atoms with Crippen LogP contribution in [-0.2, 0) is 4.79 Å². The fourth-order valence-electron chi connectivity index (χ4n) is 4.96. The van der Waals surface area contributed by atoms with Crippen molar-refractivity contribution in [1.29, 1.82) is 0 Å². The molecule has 0 unspecified atom stereocenters. The zero-order valence-electron chi connectivity index (χ0n) is 21.9. The maximum atomic E-state index is 12.9. The second-order valence-corrected chi connectivity index (χ2v) is 9.92. The molecule has 0 saturated carbocycles. The van der Waals surface area contributed by atoms with E-state index in [0.717, 1.165) is 55.0 Å². The first-order valence-electron chi connectivity index (χ1n) is 13.1. The van der Waals surface area contributed by atoms with Crippen molar-refractivity contribution >= 4 is 42.2 Å². The third-order valence-electron chi connectivity index (χ3n) is 7.31. The van der Waals surface area contributed by atoms with Gasteiger partial charge in [-0.2, -0.15) is 0 Å². The fraction of sp³-hybridized carbons (Fsp3) is 0.258. The zero-order chi connectivity index (χ0) is 26.6. The topological polar surface area (TPSA) is 64.7 Å². The van der Waals surface area contributed by atoms with Crippen LogP contribution in [0.3, 0.4) is 0 Å². The molecule has 1 radical (unpaired) electrons. The van der Waals surface area contributed by atoms with Crippen LogP contribution in [-0.4, -0.2) is 67.9 Å². The summed E-state index contributed by atoms with van der Waals surface area (Å²) in [6.07, 6.45) is 2.74. The quantitative estimate of drug-likeness (QED) is 0.379. The van der Waals surface area contributed by atoms with Crippen molar-refractivity contribution in [3.8, 4) is 0 Å². The van der Waals surface area contributed by atoms with Gasteiger partial charge in [0.1, 0.15) is 0 Å². The number of rotatable bonds is 7. The Morgan fingerprint density at radius 2 is 1.68 bits per heavy atom. The molecule has 1 atom stereocenters. The molecular weight excluding hydrogens is 471 g/mol. The Balaban J connectivity index is 1.34. The molecule has 0 spiro atoms. The van der Waals surface area contributed by atoms with Crippen molar-refractivity contribution in [2.75, 3.05) is 38.5 Å². The Hall–Kier alpha value is -3.97. The third kappa shape index (κ3) is 5.48. The van der Waals surface area contributed by atoms with Crippen LogP contribution in [0.15, 0.2) is 72.8 Å². The number of amides is 2. The summed E-state index contributed by atoms with van der Waals surface area (Å²) >= 11 is 0. The molecule has 0 bridgehead atoms. The van der Waals surface area contributed by atoms with Gasteiger partial charge in [-0.1, -0.05) is 0 Å². The van der Waals surface area contributed by atoms with Crippen molar-refractivity contribution in [1.82, 2.24) is 15.1 Å². The van der Waals surface area contributed by atoms with Gasteiger partial charge in [0.05, 0.1) is 0 Å². The molecule has 1 saturated heterocycles. The normalized spacial score (nSPS) is 17.1. The van der Waals surface area contributed by atoms with Crippen LogP contribution >= 0.6 is 0 Å². The number of nitrogens with one attached hydrogen (secondary N) is 2. The Morgan fingerprint density at radius 1 is 1.00 bits per heavy atom. The van der Waals surface area contributed by atoms with Crippen molar-refractivity contribution in [3.63, 3.8) is 0 Å². The van der Waals surface area contributed by atoms with E-state index < -0.39 is 0 Å². The van der Waals surface area contributed by atoms with Gasteiger partial charge in [-0.05, 0) is 7.05 Å². The number of nitrogens with zero attached hydrogens (tertiary/aromatic N) is 2. The predicted molar refractivity (Wildman–Crippen MR) is 155 cm³/mol. The summed E-state index contributed by atoms with van der Waals surface area (Å²) in [7, 11) is 8.56. The van der Waals surface area contributed by atoms with Gasteiger partial charge >= 0.3 is 187 Å². The van der Waals surface area contributed by atoms with E-state index in [4.69, 9.17) is 7.49 Å². The average Bonchev–Trinajstić information content (AvgIpc) is 3.26. The first-order valence-corrected chi connectivity index (χ1v) is 13.1.